The van der Waals surface area contributed by atoms with Crippen molar-refractivity contribution in [1.82, 2.24) is 20.0 Å². The predicted molar refractivity (Wildman–Crippen MR) is 107 cm³/mol. The summed E-state index contributed by atoms with van der Waals surface area (Å²) in [6, 6.07) is 12.0. The van der Waals surface area contributed by atoms with Crippen LogP contribution in [0.1, 0.15) is 34.7 Å². The first-order valence-electron chi connectivity index (χ1n) is 9.99. The number of para-hydroxylation sites is 1. The molecule has 1 saturated heterocycles. The molecule has 1 N–H and O–H groups in total. The van der Waals surface area contributed by atoms with Crippen LogP contribution in [-0.4, -0.2) is 45.6 Å². The molecule has 1 aromatic carbocycles. The van der Waals surface area contributed by atoms with Gasteiger partial charge in [-0.15, -0.1) is 0 Å². The Labute approximate surface area is 166 Å². The lowest BCUT2D eigenvalue weighted by Gasteiger charge is -2.43. The molecule has 7 heteroatoms. The molecular formula is C22H20N4O3. The summed E-state index contributed by atoms with van der Waals surface area (Å²) < 4.78 is 11.7. The van der Waals surface area contributed by atoms with Gasteiger partial charge in [-0.2, -0.15) is 0 Å². The number of likely N-dealkylation sites (tertiary alicyclic amines) is 1. The molecule has 3 aromatic heterocycles. The molecule has 5 heterocycles. The Balaban J connectivity index is 1.29. The topological polar surface area (TPSA) is 84.2 Å². The van der Waals surface area contributed by atoms with Crippen molar-refractivity contribution in [2.45, 2.75) is 24.9 Å². The van der Waals surface area contributed by atoms with Crippen molar-refractivity contribution >= 4 is 27.8 Å². The van der Waals surface area contributed by atoms with Crippen molar-refractivity contribution < 1.29 is 14.1 Å². The second-order valence-corrected chi connectivity index (χ2v) is 7.80. The van der Waals surface area contributed by atoms with E-state index in [1.54, 1.807) is 12.3 Å². The highest BCUT2D eigenvalue weighted by atomic mass is 16.5. The fraction of sp³-hybridized carbons (Fsp3) is 0.318. The van der Waals surface area contributed by atoms with Gasteiger partial charge in [0.2, 0.25) is 11.4 Å². The Morgan fingerprint density at radius 2 is 1.93 bits per heavy atom. The van der Waals surface area contributed by atoms with Crippen LogP contribution in [0.3, 0.4) is 0 Å². The molecule has 29 heavy (non-hydrogen) atoms. The summed E-state index contributed by atoms with van der Waals surface area (Å²) in [6.45, 7) is 1.92. The Kier molecular flexibility index (Phi) is 3.55. The molecule has 1 amide bonds. The molecule has 4 aromatic rings. The number of nitrogens with zero attached hydrogens (tertiary/aromatic N) is 3. The summed E-state index contributed by atoms with van der Waals surface area (Å²) in [5, 5.41) is 5.85. The quantitative estimate of drug-likeness (QED) is 0.540. The monoisotopic (exact) mass is 388 g/mol. The predicted octanol–water partition coefficient (Wildman–Crippen LogP) is 3.41. The van der Waals surface area contributed by atoms with Crippen LogP contribution < -0.4 is 0 Å². The number of benzene rings is 1. The van der Waals surface area contributed by atoms with Gasteiger partial charge in [-0.05, 0) is 43.0 Å². The first-order chi connectivity index (χ1) is 14.3. The van der Waals surface area contributed by atoms with Crippen molar-refractivity contribution in [1.29, 1.82) is 0 Å². The van der Waals surface area contributed by atoms with Gasteiger partial charge in [0.1, 0.15) is 5.60 Å². The molecule has 0 atom stereocenters. The fourth-order valence-corrected chi connectivity index (χ4v) is 4.82. The first-order valence-corrected chi connectivity index (χ1v) is 9.99. The van der Waals surface area contributed by atoms with Gasteiger partial charge in [-0.1, -0.05) is 23.4 Å². The zero-order valence-corrected chi connectivity index (χ0v) is 15.9. The van der Waals surface area contributed by atoms with Gasteiger partial charge < -0.3 is 19.1 Å². The van der Waals surface area contributed by atoms with Crippen molar-refractivity contribution in [3.05, 3.63) is 59.6 Å². The standard InChI is InChI=1S/C22H20N4O3/c27-21(18-16-5-3-10-23-20(16)25-29-18)26-11-8-22(9-12-26)19-15(7-13-28-22)14-4-1-2-6-17(14)24-19/h1-6,10,24H,7-9,11-13H2. The third-order valence-corrected chi connectivity index (χ3v) is 6.31. The second kappa shape index (κ2) is 6.15. The Bertz CT molecular complexity index is 1230. The summed E-state index contributed by atoms with van der Waals surface area (Å²) in [4.78, 5) is 22.6. The minimum atomic E-state index is -0.353. The van der Waals surface area contributed by atoms with E-state index >= 15 is 0 Å². The number of fused-ring (bicyclic) bond motifs is 5. The van der Waals surface area contributed by atoms with Crippen molar-refractivity contribution in [2.24, 2.45) is 0 Å². The number of ether oxygens (including phenoxy) is 1. The van der Waals surface area contributed by atoms with E-state index in [1.807, 2.05) is 11.0 Å². The van der Waals surface area contributed by atoms with E-state index in [2.05, 4.69) is 39.4 Å². The molecule has 6 rings (SSSR count). The lowest BCUT2D eigenvalue weighted by Crippen LogP contribution is -2.48. The van der Waals surface area contributed by atoms with E-state index in [4.69, 9.17) is 9.26 Å². The third-order valence-electron chi connectivity index (χ3n) is 6.31. The fourth-order valence-electron chi connectivity index (χ4n) is 4.82. The van der Waals surface area contributed by atoms with E-state index < -0.39 is 0 Å². The molecule has 1 fully saturated rings. The number of aromatic nitrogens is 3. The summed E-state index contributed by atoms with van der Waals surface area (Å²) in [7, 11) is 0. The van der Waals surface area contributed by atoms with E-state index in [0.717, 1.165) is 24.8 Å². The number of piperidine rings is 1. The van der Waals surface area contributed by atoms with Crippen LogP contribution in [0, 0.1) is 0 Å². The maximum Gasteiger partial charge on any atom is 0.293 e. The number of rotatable bonds is 1. The molecule has 1 spiro atoms. The van der Waals surface area contributed by atoms with Gasteiger partial charge in [0.15, 0.2) is 0 Å². The highest BCUT2D eigenvalue weighted by Gasteiger charge is 2.44. The van der Waals surface area contributed by atoms with Crippen LogP contribution in [-0.2, 0) is 16.8 Å². The van der Waals surface area contributed by atoms with Crippen molar-refractivity contribution in [3.63, 3.8) is 0 Å². The van der Waals surface area contributed by atoms with Crippen LogP contribution in [0.4, 0.5) is 0 Å². The Morgan fingerprint density at radius 3 is 2.83 bits per heavy atom. The van der Waals surface area contributed by atoms with Gasteiger partial charge in [-0.3, -0.25) is 4.79 Å². The van der Waals surface area contributed by atoms with E-state index in [0.29, 0.717) is 30.7 Å². The minimum Gasteiger partial charge on any atom is -0.368 e. The minimum absolute atomic E-state index is 0.136. The van der Waals surface area contributed by atoms with Crippen LogP contribution >= 0.6 is 0 Å². The van der Waals surface area contributed by atoms with E-state index in [-0.39, 0.29) is 17.3 Å². The lowest BCUT2D eigenvalue weighted by atomic mass is 9.83. The average Bonchev–Trinajstić information content (AvgIpc) is 3.37. The smallest absolute Gasteiger partial charge is 0.293 e. The van der Waals surface area contributed by atoms with Gasteiger partial charge in [0, 0.05) is 30.2 Å². The number of aromatic amines is 1. The molecule has 0 radical (unpaired) electrons. The molecule has 146 valence electrons. The molecule has 0 saturated carbocycles. The molecular weight excluding hydrogens is 368 g/mol. The number of hydrogen-bond donors (Lipinski definition) is 1. The first kappa shape index (κ1) is 16.7. The molecule has 2 aliphatic heterocycles. The number of carbonyl (C=O) groups excluding carboxylic acids is 1. The van der Waals surface area contributed by atoms with Gasteiger partial charge in [0.25, 0.3) is 5.91 Å². The second-order valence-electron chi connectivity index (χ2n) is 7.80. The van der Waals surface area contributed by atoms with Crippen LogP contribution in [0.15, 0.2) is 47.1 Å². The maximum absolute atomic E-state index is 13.0. The Hall–Kier alpha value is -3.19. The summed E-state index contributed by atoms with van der Waals surface area (Å²) in [6.07, 6.45) is 4.06. The van der Waals surface area contributed by atoms with Crippen molar-refractivity contribution in [2.75, 3.05) is 19.7 Å². The van der Waals surface area contributed by atoms with E-state index in [9.17, 15) is 4.79 Å². The molecule has 0 bridgehead atoms. The van der Waals surface area contributed by atoms with Crippen LogP contribution in [0.2, 0.25) is 0 Å². The number of hydrogen-bond acceptors (Lipinski definition) is 5. The average molecular weight is 388 g/mol. The molecule has 2 aliphatic rings. The normalized spacial score (nSPS) is 18.4. The van der Waals surface area contributed by atoms with Crippen LogP contribution in [0.5, 0.6) is 0 Å². The number of amides is 1. The summed E-state index contributed by atoms with van der Waals surface area (Å²) in [5.74, 6) is 0.128. The van der Waals surface area contributed by atoms with Gasteiger partial charge >= 0.3 is 0 Å². The summed E-state index contributed by atoms with van der Waals surface area (Å²) in [5.41, 5.74) is 3.81. The zero-order valence-electron chi connectivity index (χ0n) is 15.9. The van der Waals surface area contributed by atoms with Gasteiger partial charge in [-0.25, -0.2) is 4.98 Å². The van der Waals surface area contributed by atoms with Crippen LogP contribution in [0.25, 0.3) is 21.9 Å². The molecule has 0 aliphatic carbocycles. The number of pyridine rings is 1. The third kappa shape index (κ3) is 2.43. The molecule has 7 nitrogen and oxygen atoms in total. The zero-order chi connectivity index (χ0) is 19.4. The van der Waals surface area contributed by atoms with Crippen molar-refractivity contribution in [3.8, 4) is 0 Å². The SMILES string of the molecule is O=C(c1onc2ncccc12)N1CCC2(CC1)OCCc1c2[nH]c2ccccc12. The van der Waals surface area contributed by atoms with E-state index in [1.165, 1.54) is 16.6 Å². The number of carbonyl (C=O) groups is 1. The highest BCUT2D eigenvalue weighted by Crippen LogP contribution is 2.43. The number of H-pyrrole nitrogens is 1. The maximum atomic E-state index is 13.0. The number of nitrogens with one attached hydrogen (secondary N) is 1. The largest absolute Gasteiger partial charge is 0.368 e. The Morgan fingerprint density at radius 1 is 1.10 bits per heavy atom. The highest BCUT2D eigenvalue weighted by molar-refractivity contribution is 6.02. The summed E-state index contributed by atoms with van der Waals surface area (Å²) >= 11 is 0. The van der Waals surface area contributed by atoms with Gasteiger partial charge in [0.05, 0.1) is 17.7 Å². The molecule has 0 unspecified atom stereocenters. The lowest BCUT2D eigenvalue weighted by molar-refractivity contribution is -0.0959.